The number of ketones is 1. The molecule has 0 unspecified atom stereocenters. The zero-order valence-corrected chi connectivity index (χ0v) is 15.9. The summed E-state index contributed by atoms with van der Waals surface area (Å²) in [5.74, 6) is -0.105. The van der Waals surface area contributed by atoms with Crippen LogP contribution in [0.3, 0.4) is 0 Å². The number of hydrogen-bond acceptors (Lipinski definition) is 6. The van der Waals surface area contributed by atoms with E-state index in [-0.39, 0.29) is 18.6 Å². The van der Waals surface area contributed by atoms with Crippen molar-refractivity contribution in [3.63, 3.8) is 0 Å². The summed E-state index contributed by atoms with van der Waals surface area (Å²) in [4.78, 5) is 35.8. The number of amides is 1. The van der Waals surface area contributed by atoms with Crippen LogP contribution in [0.5, 0.6) is 11.5 Å². The van der Waals surface area contributed by atoms with Crippen LogP contribution in [0.4, 0.5) is 5.69 Å². The zero-order chi connectivity index (χ0) is 20.4. The number of anilines is 1. The molecule has 0 heterocycles. The molecule has 0 saturated heterocycles. The van der Waals surface area contributed by atoms with Crippen molar-refractivity contribution in [2.24, 2.45) is 0 Å². The highest BCUT2D eigenvalue weighted by Gasteiger charge is 2.13. The van der Waals surface area contributed by atoms with Gasteiger partial charge in [0, 0.05) is 12.0 Å². The average molecular weight is 385 g/mol. The van der Waals surface area contributed by atoms with Gasteiger partial charge in [0.15, 0.2) is 12.4 Å². The van der Waals surface area contributed by atoms with Crippen molar-refractivity contribution in [3.8, 4) is 11.5 Å². The number of benzene rings is 2. The van der Waals surface area contributed by atoms with Gasteiger partial charge in [0.2, 0.25) is 0 Å². The minimum atomic E-state index is -0.616. The standard InChI is InChI=1S/C21H23NO6/c1-3-27-16-10-8-15(9-11-16)18(23)12-13-21(25)28-14-20(24)22-17-6-4-5-7-19(17)26-2/h4-11H,3,12-14H2,1-2H3,(H,22,24). The highest BCUT2D eigenvalue weighted by atomic mass is 16.5. The molecule has 28 heavy (non-hydrogen) atoms. The van der Waals surface area contributed by atoms with Gasteiger partial charge in [0.25, 0.3) is 5.91 Å². The van der Waals surface area contributed by atoms with Gasteiger partial charge in [-0.15, -0.1) is 0 Å². The van der Waals surface area contributed by atoms with E-state index >= 15 is 0 Å². The molecule has 7 heteroatoms. The van der Waals surface area contributed by atoms with E-state index in [1.807, 2.05) is 6.92 Å². The summed E-state index contributed by atoms with van der Waals surface area (Å²) < 4.78 is 15.4. The number of nitrogens with one attached hydrogen (secondary N) is 1. The first-order valence-corrected chi connectivity index (χ1v) is 8.88. The molecule has 1 N–H and O–H groups in total. The van der Waals surface area contributed by atoms with Crippen molar-refractivity contribution in [2.75, 3.05) is 25.6 Å². The van der Waals surface area contributed by atoms with Gasteiger partial charge in [-0.1, -0.05) is 12.1 Å². The zero-order valence-electron chi connectivity index (χ0n) is 15.9. The Balaban J connectivity index is 1.74. The van der Waals surface area contributed by atoms with Gasteiger partial charge < -0.3 is 19.5 Å². The van der Waals surface area contributed by atoms with Gasteiger partial charge in [-0.2, -0.15) is 0 Å². The highest BCUT2D eigenvalue weighted by Crippen LogP contribution is 2.22. The van der Waals surface area contributed by atoms with Gasteiger partial charge in [-0.25, -0.2) is 0 Å². The minimum absolute atomic E-state index is 0.000935. The van der Waals surface area contributed by atoms with Crippen molar-refractivity contribution in [3.05, 3.63) is 54.1 Å². The Labute approximate surface area is 163 Å². The quantitative estimate of drug-likeness (QED) is 0.499. The van der Waals surface area contributed by atoms with Crippen LogP contribution in [0.1, 0.15) is 30.1 Å². The van der Waals surface area contributed by atoms with Crippen LogP contribution in [0.15, 0.2) is 48.5 Å². The first kappa shape index (κ1) is 21.0. The monoisotopic (exact) mass is 385 g/mol. The fourth-order valence-corrected chi connectivity index (χ4v) is 2.42. The van der Waals surface area contributed by atoms with Gasteiger partial charge in [0.1, 0.15) is 11.5 Å². The second-order valence-corrected chi connectivity index (χ2v) is 5.79. The molecule has 2 aromatic rings. The largest absolute Gasteiger partial charge is 0.495 e. The Bertz CT molecular complexity index is 816. The fourth-order valence-electron chi connectivity index (χ4n) is 2.42. The Hall–Kier alpha value is -3.35. The van der Waals surface area contributed by atoms with Crippen LogP contribution in [-0.2, 0) is 14.3 Å². The lowest BCUT2D eigenvalue weighted by atomic mass is 10.1. The van der Waals surface area contributed by atoms with E-state index in [4.69, 9.17) is 14.2 Å². The molecule has 0 saturated carbocycles. The Morgan fingerprint density at radius 3 is 2.36 bits per heavy atom. The Kier molecular flexibility index (Phi) is 8.02. The molecule has 2 rings (SSSR count). The van der Waals surface area contributed by atoms with Crippen LogP contribution in [0.2, 0.25) is 0 Å². The minimum Gasteiger partial charge on any atom is -0.495 e. The molecule has 0 atom stereocenters. The molecule has 148 valence electrons. The molecular formula is C21H23NO6. The van der Waals surface area contributed by atoms with Gasteiger partial charge in [-0.3, -0.25) is 14.4 Å². The molecule has 0 bridgehead atoms. The number of Topliss-reactive ketones (excluding diaryl/α,β-unsaturated/α-hetero) is 1. The smallest absolute Gasteiger partial charge is 0.306 e. The van der Waals surface area contributed by atoms with Crippen LogP contribution in [0.25, 0.3) is 0 Å². The topological polar surface area (TPSA) is 90.9 Å². The summed E-state index contributed by atoms with van der Waals surface area (Å²) in [6.07, 6.45) is -0.102. The SMILES string of the molecule is CCOc1ccc(C(=O)CCC(=O)OCC(=O)Nc2ccccc2OC)cc1. The maximum Gasteiger partial charge on any atom is 0.306 e. The van der Waals surface area contributed by atoms with Crippen molar-refractivity contribution in [1.82, 2.24) is 0 Å². The Morgan fingerprint density at radius 2 is 1.68 bits per heavy atom. The number of methoxy groups -OCH3 is 1. The molecule has 0 aromatic heterocycles. The van der Waals surface area contributed by atoms with Gasteiger partial charge >= 0.3 is 5.97 Å². The van der Waals surface area contributed by atoms with Crippen molar-refractivity contribution >= 4 is 23.3 Å². The first-order valence-electron chi connectivity index (χ1n) is 8.88. The highest BCUT2D eigenvalue weighted by molar-refractivity contribution is 5.98. The number of carbonyl (C=O) groups is 3. The van der Waals surface area contributed by atoms with E-state index in [1.165, 1.54) is 7.11 Å². The van der Waals surface area contributed by atoms with Gasteiger partial charge in [-0.05, 0) is 43.3 Å². The maximum atomic E-state index is 12.1. The van der Waals surface area contributed by atoms with Crippen LogP contribution >= 0.6 is 0 Å². The number of para-hydroxylation sites is 2. The predicted octanol–water partition coefficient (Wildman–Crippen LogP) is 3.24. The molecule has 0 radical (unpaired) electrons. The van der Waals surface area contributed by atoms with E-state index in [9.17, 15) is 14.4 Å². The fraction of sp³-hybridized carbons (Fsp3) is 0.286. The van der Waals surface area contributed by atoms with Crippen LogP contribution < -0.4 is 14.8 Å². The molecule has 0 aliphatic carbocycles. The van der Waals surface area contributed by atoms with E-state index in [2.05, 4.69) is 5.32 Å². The number of hydrogen-bond donors (Lipinski definition) is 1. The third-order valence-corrected chi connectivity index (χ3v) is 3.79. The number of ether oxygens (including phenoxy) is 3. The summed E-state index contributed by atoms with van der Waals surface area (Å²) >= 11 is 0. The molecule has 7 nitrogen and oxygen atoms in total. The molecular weight excluding hydrogens is 362 g/mol. The van der Waals surface area contributed by atoms with Crippen LogP contribution in [0, 0.1) is 0 Å². The van der Waals surface area contributed by atoms with Crippen molar-refractivity contribution < 1.29 is 28.6 Å². The van der Waals surface area contributed by atoms with Crippen molar-refractivity contribution in [1.29, 1.82) is 0 Å². The second kappa shape index (κ2) is 10.7. The molecule has 0 spiro atoms. The maximum absolute atomic E-state index is 12.1. The summed E-state index contributed by atoms with van der Waals surface area (Å²) in [5.41, 5.74) is 0.974. The number of rotatable bonds is 10. The number of esters is 1. The van der Waals surface area contributed by atoms with Gasteiger partial charge in [0.05, 0.1) is 25.8 Å². The predicted molar refractivity (Wildman–Crippen MR) is 104 cm³/mol. The lowest BCUT2D eigenvalue weighted by molar-refractivity contribution is -0.147. The summed E-state index contributed by atoms with van der Waals surface area (Å²) in [6, 6.07) is 13.6. The summed E-state index contributed by atoms with van der Waals surface area (Å²) in [7, 11) is 1.49. The third-order valence-electron chi connectivity index (χ3n) is 3.79. The normalized spacial score (nSPS) is 10.1. The Morgan fingerprint density at radius 1 is 0.964 bits per heavy atom. The summed E-state index contributed by atoms with van der Waals surface area (Å²) in [5, 5.41) is 2.60. The van der Waals surface area contributed by atoms with Crippen LogP contribution in [-0.4, -0.2) is 38.0 Å². The van der Waals surface area contributed by atoms with E-state index in [1.54, 1.807) is 48.5 Å². The average Bonchev–Trinajstić information content (AvgIpc) is 2.71. The third kappa shape index (κ3) is 6.42. The lowest BCUT2D eigenvalue weighted by Crippen LogP contribution is -2.21. The lowest BCUT2D eigenvalue weighted by Gasteiger charge is -2.10. The molecule has 1 amide bonds. The van der Waals surface area contributed by atoms with E-state index in [0.29, 0.717) is 29.4 Å². The molecule has 0 fully saturated rings. The van der Waals surface area contributed by atoms with Crippen molar-refractivity contribution in [2.45, 2.75) is 19.8 Å². The molecule has 0 aliphatic heterocycles. The van der Waals surface area contributed by atoms with E-state index in [0.717, 1.165) is 0 Å². The molecule has 0 aliphatic rings. The molecule has 2 aromatic carbocycles. The first-order chi connectivity index (χ1) is 13.5. The van der Waals surface area contributed by atoms with E-state index < -0.39 is 18.5 Å². The number of carbonyl (C=O) groups excluding carboxylic acids is 3. The summed E-state index contributed by atoms with van der Waals surface area (Å²) in [6.45, 7) is 1.99. The second-order valence-electron chi connectivity index (χ2n) is 5.79.